The molecule has 0 nitrogen and oxygen atoms in total. The van der Waals surface area contributed by atoms with Crippen LogP contribution in [-0.4, -0.2) is 11.3 Å². The Kier molecular flexibility index (Phi) is 10.5. The van der Waals surface area contributed by atoms with Gasteiger partial charge < -0.3 is 0 Å². The molecule has 0 amide bonds. The summed E-state index contributed by atoms with van der Waals surface area (Å²) in [6.45, 7) is 1.87. The summed E-state index contributed by atoms with van der Waals surface area (Å²) < 4.78 is 161. The number of rotatable bonds is 7. The average Bonchev–Trinajstić information content (AvgIpc) is 3.50. The molecule has 262 valence electrons. The van der Waals surface area contributed by atoms with Gasteiger partial charge in [-0.2, -0.15) is 52.7 Å². The number of hydrogen-bond acceptors (Lipinski definition) is 0. The Balaban J connectivity index is 1.59. The van der Waals surface area contributed by atoms with Gasteiger partial charge in [-0.25, -0.2) is 0 Å². The molecular weight excluding hydrogens is 710 g/mol. The molecule has 1 fully saturated rings. The molecule has 14 heteroatoms. The Labute approximate surface area is 277 Å². The summed E-state index contributed by atoms with van der Waals surface area (Å²) in [5, 5.41) is 2.02. The SMILES string of the molecule is C[C@H](C1CCC[C@@H]1P(c1ccc(C(F)(F)F)cc1)c1ccc(C(F)(F)F)cc1)P(c1ccc(C(F)(F)F)cc1)c1ccc(C(F)(F)F)cc1. The molecule has 4 aromatic rings. The molecule has 0 radical (unpaired) electrons. The maximum atomic E-state index is 13.4. The largest absolute Gasteiger partial charge is 0.416 e. The van der Waals surface area contributed by atoms with Gasteiger partial charge in [0.15, 0.2) is 0 Å². The lowest BCUT2D eigenvalue weighted by atomic mass is 10.0. The standard InChI is InChI=1S/C35H28F12P2/c1-21(48(26-13-5-22(6-14-26)32(36,37)38)27-15-7-23(8-16-27)33(39,40)41)30-3-2-4-31(30)49(28-17-9-24(10-18-28)34(42,43)44)29-19-11-25(12-20-29)35(45,46)47/h5-21,30-31H,2-4H2,1H3/t21-,30?,31+/m1/s1. The summed E-state index contributed by atoms with van der Waals surface area (Å²) in [5.41, 5.74) is -4.15. The van der Waals surface area contributed by atoms with Crippen LogP contribution in [-0.2, 0) is 24.7 Å². The molecular formula is C35H28F12P2. The number of benzene rings is 4. The molecule has 3 atom stereocenters. The molecule has 1 aliphatic rings. The van der Waals surface area contributed by atoms with Crippen molar-refractivity contribution in [3.05, 3.63) is 119 Å². The molecule has 0 aromatic heterocycles. The van der Waals surface area contributed by atoms with E-state index in [2.05, 4.69) is 0 Å². The zero-order chi connectivity index (χ0) is 35.9. The van der Waals surface area contributed by atoms with E-state index >= 15 is 0 Å². The van der Waals surface area contributed by atoms with Crippen molar-refractivity contribution in [3.8, 4) is 0 Å². The Bertz CT molecular complexity index is 1570. The van der Waals surface area contributed by atoms with Gasteiger partial charge in [-0.05, 0) is 116 Å². The molecule has 1 aliphatic carbocycles. The van der Waals surface area contributed by atoms with Crippen LogP contribution in [0.1, 0.15) is 48.4 Å². The van der Waals surface area contributed by atoms with E-state index in [-0.39, 0.29) is 17.2 Å². The molecule has 0 spiro atoms. The quantitative estimate of drug-likeness (QED) is 0.131. The number of alkyl halides is 12. The first kappa shape index (κ1) is 37.2. The van der Waals surface area contributed by atoms with Crippen molar-refractivity contribution in [3.63, 3.8) is 0 Å². The van der Waals surface area contributed by atoms with Crippen LogP contribution >= 0.6 is 15.8 Å². The molecule has 4 aromatic carbocycles. The van der Waals surface area contributed by atoms with Gasteiger partial charge >= 0.3 is 24.7 Å². The molecule has 1 unspecified atom stereocenters. The number of hydrogen-bond donors (Lipinski definition) is 0. The minimum atomic E-state index is -4.61. The van der Waals surface area contributed by atoms with Crippen LogP contribution in [0.3, 0.4) is 0 Å². The fourth-order valence-electron chi connectivity index (χ4n) is 6.44. The monoisotopic (exact) mass is 738 g/mol. The summed E-state index contributed by atoms with van der Waals surface area (Å²) >= 11 is 0. The van der Waals surface area contributed by atoms with E-state index in [1.54, 1.807) is 0 Å². The lowest BCUT2D eigenvalue weighted by Crippen LogP contribution is -2.33. The van der Waals surface area contributed by atoms with Crippen LogP contribution in [0.25, 0.3) is 0 Å². The lowest BCUT2D eigenvalue weighted by Gasteiger charge is -2.37. The zero-order valence-corrected chi connectivity index (χ0v) is 27.3. The Morgan fingerprint density at radius 2 is 0.735 bits per heavy atom. The second-order valence-electron chi connectivity index (χ2n) is 11.8. The summed E-state index contributed by atoms with van der Waals surface area (Å²) in [6.07, 6.45) is -16.6. The van der Waals surface area contributed by atoms with Crippen molar-refractivity contribution < 1.29 is 52.7 Å². The van der Waals surface area contributed by atoms with Crippen LogP contribution in [0.2, 0.25) is 0 Å². The molecule has 49 heavy (non-hydrogen) atoms. The third kappa shape index (κ3) is 8.45. The van der Waals surface area contributed by atoms with E-state index in [0.29, 0.717) is 40.5 Å². The smallest absolute Gasteiger partial charge is 0.166 e. The molecule has 0 N–H and O–H groups in total. The highest BCUT2D eigenvalue weighted by molar-refractivity contribution is 7.74. The third-order valence-corrected chi connectivity index (χ3v) is 14.7. The normalized spacial score (nSPS) is 18.3. The Morgan fingerprint density at radius 3 is 1.02 bits per heavy atom. The topological polar surface area (TPSA) is 0 Å². The van der Waals surface area contributed by atoms with E-state index in [1.165, 1.54) is 48.5 Å². The average molecular weight is 739 g/mol. The first-order valence-electron chi connectivity index (χ1n) is 15.0. The molecule has 0 saturated heterocycles. The van der Waals surface area contributed by atoms with Crippen LogP contribution in [0.15, 0.2) is 97.1 Å². The predicted octanol–water partition coefficient (Wildman–Crippen LogP) is 10.9. The highest BCUT2D eigenvalue weighted by Gasteiger charge is 2.42. The highest BCUT2D eigenvalue weighted by atomic mass is 31.1. The maximum absolute atomic E-state index is 13.4. The maximum Gasteiger partial charge on any atom is 0.416 e. The summed E-state index contributed by atoms with van der Waals surface area (Å²) in [5.74, 6) is -0.216. The lowest BCUT2D eigenvalue weighted by molar-refractivity contribution is -0.138. The van der Waals surface area contributed by atoms with Gasteiger partial charge in [-0.1, -0.05) is 61.9 Å². The van der Waals surface area contributed by atoms with Gasteiger partial charge in [0, 0.05) is 0 Å². The van der Waals surface area contributed by atoms with E-state index in [0.717, 1.165) is 48.5 Å². The van der Waals surface area contributed by atoms with Gasteiger partial charge in [0.25, 0.3) is 0 Å². The zero-order valence-electron chi connectivity index (χ0n) is 25.5. The van der Waals surface area contributed by atoms with Crippen molar-refractivity contribution in [2.75, 3.05) is 0 Å². The van der Waals surface area contributed by atoms with Crippen LogP contribution in [0.5, 0.6) is 0 Å². The van der Waals surface area contributed by atoms with Crippen molar-refractivity contribution in [2.45, 2.75) is 62.2 Å². The molecule has 5 rings (SSSR count). The van der Waals surface area contributed by atoms with Crippen molar-refractivity contribution >= 4 is 37.1 Å². The fraction of sp³-hybridized carbons (Fsp3) is 0.314. The third-order valence-electron chi connectivity index (χ3n) is 8.78. The Hall–Kier alpha value is -3.10. The van der Waals surface area contributed by atoms with Gasteiger partial charge in [0.2, 0.25) is 0 Å². The summed E-state index contributed by atoms with van der Waals surface area (Å²) in [7, 11) is -3.12. The minimum Gasteiger partial charge on any atom is -0.166 e. The summed E-state index contributed by atoms with van der Waals surface area (Å²) in [4.78, 5) is 0. The molecule has 1 saturated carbocycles. The van der Waals surface area contributed by atoms with Crippen molar-refractivity contribution in [2.24, 2.45) is 5.92 Å². The second-order valence-corrected chi connectivity index (χ2v) is 16.8. The molecule has 0 bridgehead atoms. The van der Waals surface area contributed by atoms with Gasteiger partial charge in [0.1, 0.15) is 0 Å². The van der Waals surface area contributed by atoms with Crippen LogP contribution in [0.4, 0.5) is 52.7 Å². The number of halogens is 12. The van der Waals surface area contributed by atoms with E-state index in [1.807, 2.05) is 6.92 Å². The summed E-state index contributed by atoms with van der Waals surface area (Å²) in [6, 6.07) is 18.0. The van der Waals surface area contributed by atoms with E-state index in [4.69, 9.17) is 0 Å². The van der Waals surface area contributed by atoms with Crippen LogP contribution in [0, 0.1) is 5.92 Å². The molecule has 0 aliphatic heterocycles. The van der Waals surface area contributed by atoms with E-state index in [9.17, 15) is 52.7 Å². The van der Waals surface area contributed by atoms with E-state index < -0.39 is 62.8 Å². The minimum absolute atomic E-state index is 0.216. The first-order valence-corrected chi connectivity index (χ1v) is 17.8. The van der Waals surface area contributed by atoms with Crippen molar-refractivity contribution in [1.82, 2.24) is 0 Å². The predicted molar refractivity (Wildman–Crippen MR) is 169 cm³/mol. The van der Waals surface area contributed by atoms with Crippen molar-refractivity contribution in [1.29, 1.82) is 0 Å². The Morgan fingerprint density at radius 1 is 0.449 bits per heavy atom. The van der Waals surface area contributed by atoms with Crippen LogP contribution < -0.4 is 21.2 Å². The molecule has 0 heterocycles. The van der Waals surface area contributed by atoms with Gasteiger partial charge in [0.05, 0.1) is 22.3 Å². The highest BCUT2D eigenvalue weighted by Crippen LogP contribution is 2.57. The first-order chi connectivity index (χ1) is 22.7. The van der Waals surface area contributed by atoms with Gasteiger partial charge in [-0.15, -0.1) is 0 Å². The van der Waals surface area contributed by atoms with Gasteiger partial charge in [-0.3, -0.25) is 0 Å². The fourth-order valence-corrected chi connectivity index (χ4v) is 12.7. The second kappa shape index (κ2) is 13.9.